The fourth-order valence-electron chi connectivity index (χ4n) is 2.12. The summed E-state index contributed by atoms with van der Waals surface area (Å²) in [5.74, 6) is -1.52. The first kappa shape index (κ1) is 12.6. The monoisotopic (exact) mass is 247 g/mol. The lowest BCUT2D eigenvalue weighted by molar-refractivity contribution is -0.153. The van der Waals surface area contributed by atoms with E-state index in [1.807, 2.05) is 24.3 Å². The number of carbonyl (C=O) groups excluding carboxylic acids is 1. The van der Waals surface area contributed by atoms with Gasteiger partial charge in [0.25, 0.3) is 0 Å². The number of carboxylic acids is 1. The molecule has 0 bridgehead atoms. The molecule has 0 unspecified atom stereocenters. The summed E-state index contributed by atoms with van der Waals surface area (Å²) < 4.78 is 0. The van der Waals surface area contributed by atoms with Gasteiger partial charge >= 0.3 is 5.97 Å². The quantitative estimate of drug-likeness (QED) is 0.793. The molecule has 0 atom stereocenters. The SMILES string of the molecule is CC(C)(C(=O)O)C(=O)NC1Cc2ccccc2C1. The van der Waals surface area contributed by atoms with Crippen molar-refractivity contribution in [3.05, 3.63) is 35.4 Å². The molecule has 4 heteroatoms. The van der Waals surface area contributed by atoms with Crippen LogP contribution in [0.2, 0.25) is 0 Å². The van der Waals surface area contributed by atoms with Crippen LogP contribution in [0.5, 0.6) is 0 Å². The molecule has 4 nitrogen and oxygen atoms in total. The van der Waals surface area contributed by atoms with E-state index in [-0.39, 0.29) is 6.04 Å². The number of carboxylic acid groups (broad SMARTS) is 1. The highest BCUT2D eigenvalue weighted by atomic mass is 16.4. The highest BCUT2D eigenvalue weighted by molar-refractivity contribution is 6.01. The number of benzene rings is 1. The summed E-state index contributed by atoms with van der Waals surface area (Å²) in [6.45, 7) is 2.85. The Labute approximate surface area is 106 Å². The van der Waals surface area contributed by atoms with Gasteiger partial charge in [-0.2, -0.15) is 0 Å². The van der Waals surface area contributed by atoms with Crippen LogP contribution in [0.25, 0.3) is 0 Å². The number of rotatable bonds is 3. The first-order valence-corrected chi connectivity index (χ1v) is 6.02. The van der Waals surface area contributed by atoms with Gasteiger partial charge in [0.05, 0.1) is 0 Å². The molecule has 1 aromatic rings. The first-order chi connectivity index (χ1) is 8.41. The zero-order valence-corrected chi connectivity index (χ0v) is 10.6. The Hall–Kier alpha value is -1.84. The molecule has 2 rings (SSSR count). The molecule has 1 aromatic carbocycles. The third-order valence-electron chi connectivity index (χ3n) is 3.49. The smallest absolute Gasteiger partial charge is 0.318 e. The Morgan fingerprint density at radius 1 is 1.22 bits per heavy atom. The third kappa shape index (κ3) is 2.23. The molecule has 1 aliphatic carbocycles. The summed E-state index contributed by atoms with van der Waals surface area (Å²) in [5.41, 5.74) is 1.08. The maximum atomic E-state index is 11.9. The van der Waals surface area contributed by atoms with E-state index >= 15 is 0 Å². The molecule has 1 amide bonds. The third-order valence-corrected chi connectivity index (χ3v) is 3.49. The lowest BCUT2D eigenvalue weighted by Gasteiger charge is -2.21. The maximum absolute atomic E-state index is 11.9. The molecule has 2 N–H and O–H groups in total. The van der Waals surface area contributed by atoms with Gasteiger partial charge in [0, 0.05) is 6.04 Å². The molecular formula is C14H17NO3. The standard InChI is InChI=1S/C14H17NO3/c1-14(2,13(17)18)12(16)15-11-7-9-5-3-4-6-10(9)8-11/h3-6,11H,7-8H2,1-2H3,(H,15,16)(H,17,18). The highest BCUT2D eigenvalue weighted by Crippen LogP contribution is 2.23. The van der Waals surface area contributed by atoms with Crippen molar-refractivity contribution in [2.45, 2.75) is 32.7 Å². The topological polar surface area (TPSA) is 66.4 Å². The van der Waals surface area contributed by atoms with Gasteiger partial charge in [-0.05, 0) is 37.8 Å². The minimum absolute atomic E-state index is 0.00789. The second-order valence-electron chi connectivity index (χ2n) is 5.28. The Balaban J connectivity index is 2.02. The van der Waals surface area contributed by atoms with Gasteiger partial charge in [0.1, 0.15) is 5.41 Å². The number of hydrogen-bond acceptors (Lipinski definition) is 2. The molecule has 0 heterocycles. The maximum Gasteiger partial charge on any atom is 0.318 e. The number of hydrogen-bond donors (Lipinski definition) is 2. The Bertz CT molecular complexity index is 469. The fraction of sp³-hybridized carbons (Fsp3) is 0.429. The summed E-state index contributed by atoms with van der Waals surface area (Å²) in [4.78, 5) is 22.9. The minimum atomic E-state index is -1.38. The average molecular weight is 247 g/mol. The van der Waals surface area contributed by atoms with Crippen molar-refractivity contribution in [1.82, 2.24) is 5.32 Å². The Morgan fingerprint density at radius 2 is 1.72 bits per heavy atom. The second-order valence-corrected chi connectivity index (χ2v) is 5.28. The van der Waals surface area contributed by atoms with Gasteiger partial charge < -0.3 is 10.4 Å². The molecule has 0 saturated carbocycles. The summed E-state index contributed by atoms with van der Waals surface area (Å²) in [6, 6.07) is 8.05. The highest BCUT2D eigenvalue weighted by Gasteiger charge is 2.37. The van der Waals surface area contributed by atoms with E-state index in [4.69, 9.17) is 5.11 Å². The molecule has 18 heavy (non-hydrogen) atoms. The van der Waals surface area contributed by atoms with Gasteiger partial charge in [-0.1, -0.05) is 24.3 Å². The zero-order valence-electron chi connectivity index (χ0n) is 10.6. The lowest BCUT2D eigenvalue weighted by atomic mass is 9.92. The number of aliphatic carboxylic acids is 1. The van der Waals surface area contributed by atoms with E-state index in [0.29, 0.717) is 0 Å². The van der Waals surface area contributed by atoms with Crippen LogP contribution in [0.1, 0.15) is 25.0 Å². The molecular weight excluding hydrogens is 230 g/mol. The van der Waals surface area contributed by atoms with Crippen LogP contribution < -0.4 is 5.32 Å². The molecule has 96 valence electrons. The number of fused-ring (bicyclic) bond motifs is 1. The Kier molecular flexibility index (Phi) is 3.11. The van der Waals surface area contributed by atoms with Crippen LogP contribution >= 0.6 is 0 Å². The van der Waals surface area contributed by atoms with Crippen LogP contribution in [0.3, 0.4) is 0 Å². The van der Waals surface area contributed by atoms with Crippen LogP contribution in [0.4, 0.5) is 0 Å². The number of carbonyl (C=O) groups is 2. The van der Waals surface area contributed by atoms with Crippen molar-refractivity contribution in [2.75, 3.05) is 0 Å². The molecule has 0 aromatic heterocycles. The van der Waals surface area contributed by atoms with Crippen molar-refractivity contribution in [1.29, 1.82) is 0 Å². The Morgan fingerprint density at radius 3 is 2.17 bits per heavy atom. The van der Waals surface area contributed by atoms with E-state index in [9.17, 15) is 9.59 Å². The van der Waals surface area contributed by atoms with Crippen LogP contribution in [-0.4, -0.2) is 23.0 Å². The largest absolute Gasteiger partial charge is 0.480 e. The van der Waals surface area contributed by atoms with E-state index < -0.39 is 17.3 Å². The summed E-state index contributed by atoms with van der Waals surface area (Å²) in [5, 5.41) is 11.8. The summed E-state index contributed by atoms with van der Waals surface area (Å²) in [7, 11) is 0. The van der Waals surface area contributed by atoms with Crippen molar-refractivity contribution in [2.24, 2.45) is 5.41 Å². The van der Waals surface area contributed by atoms with Crippen molar-refractivity contribution in [3.63, 3.8) is 0 Å². The van der Waals surface area contributed by atoms with Crippen LogP contribution in [0.15, 0.2) is 24.3 Å². The normalized spacial score (nSPS) is 15.2. The minimum Gasteiger partial charge on any atom is -0.480 e. The van der Waals surface area contributed by atoms with Crippen LogP contribution in [0, 0.1) is 5.41 Å². The van der Waals surface area contributed by atoms with Gasteiger partial charge in [-0.3, -0.25) is 9.59 Å². The van der Waals surface area contributed by atoms with E-state index in [1.54, 1.807) is 0 Å². The molecule has 0 saturated heterocycles. The predicted molar refractivity (Wildman–Crippen MR) is 67.2 cm³/mol. The summed E-state index contributed by atoms with van der Waals surface area (Å²) in [6.07, 6.45) is 1.55. The number of amides is 1. The first-order valence-electron chi connectivity index (χ1n) is 6.02. The molecule has 1 aliphatic rings. The number of nitrogens with one attached hydrogen (secondary N) is 1. The molecule has 0 radical (unpaired) electrons. The average Bonchev–Trinajstić information content (AvgIpc) is 2.70. The van der Waals surface area contributed by atoms with Crippen molar-refractivity contribution < 1.29 is 14.7 Å². The fourth-order valence-corrected chi connectivity index (χ4v) is 2.12. The van der Waals surface area contributed by atoms with Crippen molar-refractivity contribution in [3.8, 4) is 0 Å². The van der Waals surface area contributed by atoms with Gasteiger partial charge in [0.2, 0.25) is 5.91 Å². The predicted octanol–water partition coefficient (Wildman–Crippen LogP) is 1.38. The van der Waals surface area contributed by atoms with E-state index in [1.165, 1.54) is 25.0 Å². The van der Waals surface area contributed by atoms with E-state index in [0.717, 1.165) is 12.8 Å². The summed E-state index contributed by atoms with van der Waals surface area (Å²) >= 11 is 0. The van der Waals surface area contributed by atoms with Crippen LogP contribution in [-0.2, 0) is 22.4 Å². The van der Waals surface area contributed by atoms with Gasteiger partial charge in [0.15, 0.2) is 0 Å². The molecule has 0 aliphatic heterocycles. The second kappa shape index (κ2) is 4.44. The van der Waals surface area contributed by atoms with E-state index in [2.05, 4.69) is 5.32 Å². The molecule has 0 fully saturated rings. The van der Waals surface area contributed by atoms with Gasteiger partial charge in [-0.25, -0.2) is 0 Å². The molecule has 0 spiro atoms. The zero-order chi connectivity index (χ0) is 13.3. The van der Waals surface area contributed by atoms with Gasteiger partial charge in [-0.15, -0.1) is 0 Å². The lowest BCUT2D eigenvalue weighted by Crippen LogP contribution is -2.46. The van der Waals surface area contributed by atoms with Crippen molar-refractivity contribution >= 4 is 11.9 Å².